The summed E-state index contributed by atoms with van der Waals surface area (Å²) in [5.74, 6) is 0.390. The predicted octanol–water partition coefficient (Wildman–Crippen LogP) is 3.58. The van der Waals surface area contributed by atoms with Crippen molar-refractivity contribution in [1.82, 2.24) is 4.57 Å². The number of hydrogen-bond donors (Lipinski definition) is 0. The normalized spacial score (nSPS) is 22.9. The SMILES string of the molecule is Cn1cc(C2CCC3(CC2)OCCO3)c2ccccc21. The number of nitrogens with zero attached hydrogens (tertiary/aromatic N) is 1. The van der Waals surface area contributed by atoms with Crippen molar-refractivity contribution in [2.45, 2.75) is 37.4 Å². The van der Waals surface area contributed by atoms with Gasteiger partial charge in [-0.05, 0) is 30.4 Å². The van der Waals surface area contributed by atoms with Crippen LogP contribution in [0.1, 0.15) is 37.2 Å². The van der Waals surface area contributed by atoms with Crippen LogP contribution in [0.2, 0.25) is 0 Å². The highest BCUT2D eigenvalue weighted by Gasteiger charge is 2.40. The number of aromatic nitrogens is 1. The van der Waals surface area contributed by atoms with Crippen molar-refractivity contribution >= 4 is 10.9 Å². The molecule has 1 spiro atoms. The average molecular weight is 271 g/mol. The maximum atomic E-state index is 5.83. The number of fused-ring (bicyclic) bond motifs is 1. The third-order valence-electron chi connectivity index (χ3n) is 4.93. The highest BCUT2D eigenvalue weighted by Crippen LogP contribution is 2.44. The molecule has 20 heavy (non-hydrogen) atoms. The molecule has 0 radical (unpaired) electrons. The minimum Gasteiger partial charge on any atom is -0.350 e. The van der Waals surface area contributed by atoms with Gasteiger partial charge in [0.15, 0.2) is 5.79 Å². The van der Waals surface area contributed by atoms with Crippen molar-refractivity contribution in [2.75, 3.05) is 13.2 Å². The molecule has 2 aromatic rings. The molecule has 0 atom stereocenters. The van der Waals surface area contributed by atoms with Crippen molar-refractivity contribution in [1.29, 1.82) is 0 Å². The molecule has 2 aliphatic rings. The first kappa shape index (κ1) is 12.4. The lowest BCUT2D eigenvalue weighted by atomic mass is 9.81. The number of hydrogen-bond acceptors (Lipinski definition) is 2. The van der Waals surface area contributed by atoms with Gasteiger partial charge in [-0.2, -0.15) is 0 Å². The van der Waals surface area contributed by atoms with Crippen LogP contribution in [0.5, 0.6) is 0 Å². The number of benzene rings is 1. The third-order valence-corrected chi connectivity index (χ3v) is 4.93. The molecule has 106 valence electrons. The fourth-order valence-electron chi connectivity index (χ4n) is 3.85. The number of para-hydroxylation sites is 1. The lowest BCUT2D eigenvalue weighted by Crippen LogP contribution is -2.34. The quantitative estimate of drug-likeness (QED) is 0.791. The number of ether oxygens (including phenoxy) is 2. The summed E-state index contributed by atoms with van der Waals surface area (Å²) in [6.45, 7) is 1.53. The Kier molecular flexibility index (Phi) is 2.86. The zero-order valence-electron chi connectivity index (χ0n) is 12.0. The van der Waals surface area contributed by atoms with E-state index in [1.54, 1.807) is 0 Å². The Balaban J connectivity index is 1.61. The molecule has 3 nitrogen and oxygen atoms in total. The molecule has 4 rings (SSSR count). The van der Waals surface area contributed by atoms with Gasteiger partial charge in [0.2, 0.25) is 0 Å². The summed E-state index contributed by atoms with van der Waals surface area (Å²) in [5.41, 5.74) is 2.83. The summed E-state index contributed by atoms with van der Waals surface area (Å²) in [5, 5.41) is 1.41. The zero-order chi connectivity index (χ0) is 13.6. The van der Waals surface area contributed by atoms with Crippen LogP contribution < -0.4 is 0 Å². The van der Waals surface area contributed by atoms with Gasteiger partial charge in [0.1, 0.15) is 0 Å². The molecule has 0 unspecified atom stereocenters. The van der Waals surface area contributed by atoms with E-state index in [4.69, 9.17) is 9.47 Å². The van der Waals surface area contributed by atoms with E-state index in [0.29, 0.717) is 5.92 Å². The summed E-state index contributed by atoms with van der Waals surface area (Å²) in [7, 11) is 2.14. The van der Waals surface area contributed by atoms with Crippen molar-refractivity contribution < 1.29 is 9.47 Å². The minimum absolute atomic E-state index is 0.249. The summed E-state index contributed by atoms with van der Waals surface area (Å²) in [6.07, 6.45) is 6.69. The van der Waals surface area contributed by atoms with Crippen molar-refractivity contribution in [3.8, 4) is 0 Å². The van der Waals surface area contributed by atoms with Crippen molar-refractivity contribution in [3.05, 3.63) is 36.0 Å². The van der Waals surface area contributed by atoms with E-state index < -0.39 is 0 Å². The van der Waals surface area contributed by atoms with Gasteiger partial charge in [0.25, 0.3) is 0 Å². The van der Waals surface area contributed by atoms with Crippen LogP contribution >= 0.6 is 0 Å². The molecule has 2 heterocycles. The maximum Gasteiger partial charge on any atom is 0.168 e. The topological polar surface area (TPSA) is 23.4 Å². The van der Waals surface area contributed by atoms with Gasteiger partial charge in [0.05, 0.1) is 13.2 Å². The van der Waals surface area contributed by atoms with Crippen molar-refractivity contribution in [2.24, 2.45) is 7.05 Å². The molecule has 1 saturated heterocycles. The molecule has 1 aliphatic heterocycles. The standard InChI is InChI=1S/C17H21NO2/c1-18-12-15(14-4-2-3-5-16(14)18)13-6-8-17(9-7-13)19-10-11-20-17/h2-5,12-13H,6-11H2,1H3. The van der Waals surface area contributed by atoms with Gasteiger partial charge >= 0.3 is 0 Å². The molecule has 3 heteroatoms. The van der Waals surface area contributed by atoms with Crippen LogP contribution in [-0.2, 0) is 16.5 Å². The molecular formula is C17H21NO2. The summed E-state index contributed by atoms with van der Waals surface area (Å²) >= 11 is 0. The maximum absolute atomic E-state index is 5.83. The Hall–Kier alpha value is -1.32. The molecule has 1 saturated carbocycles. The van der Waals surface area contributed by atoms with E-state index in [0.717, 1.165) is 38.9 Å². The van der Waals surface area contributed by atoms with Gasteiger partial charge in [-0.1, -0.05) is 18.2 Å². The van der Waals surface area contributed by atoms with Gasteiger partial charge in [-0.3, -0.25) is 0 Å². The van der Waals surface area contributed by atoms with Crippen LogP contribution in [0.15, 0.2) is 30.5 Å². The van der Waals surface area contributed by atoms with Crippen LogP contribution in [0.3, 0.4) is 0 Å². The molecule has 0 N–H and O–H groups in total. The summed E-state index contributed by atoms with van der Waals surface area (Å²) in [4.78, 5) is 0. The monoisotopic (exact) mass is 271 g/mol. The Morgan fingerprint density at radius 2 is 1.80 bits per heavy atom. The lowest BCUT2D eigenvalue weighted by molar-refractivity contribution is -0.178. The smallest absolute Gasteiger partial charge is 0.168 e. The van der Waals surface area contributed by atoms with Crippen LogP contribution in [0.25, 0.3) is 10.9 Å². The predicted molar refractivity (Wildman–Crippen MR) is 78.8 cm³/mol. The van der Waals surface area contributed by atoms with Crippen molar-refractivity contribution in [3.63, 3.8) is 0 Å². The first-order valence-corrected chi connectivity index (χ1v) is 7.59. The summed E-state index contributed by atoms with van der Waals surface area (Å²) in [6, 6.07) is 8.70. The van der Waals surface area contributed by atoms with Gasteiger partial charge in [-0.25, -0.2) is 0 Å². The zero-order valence-corrected chi connectivity index (χ0v) is 12.0. The van der Waals surface area contributed by atoms with E-state index >= 15 is 0 Å². The van der Waals surface area contributed by atoms with E-state index in [1.165, 1.54) is 16.5 Å². The highest BCUT2D eigenvalue weighted by molar-refractivity contribution is 5.84. The third kappa shape index (κ3) is 1.88. The molecule has 1 aromatic carbocycles. The van der Waals surface area contributed by atoms with E-state index in [9.17, 15) is 0 Å². The Labute approximate surface area is 119 Å². The second-order valence-corrected chi connectivity index (χ2v) is 6.09. The second kappa shape index (κ2) is 4.61. The molecule has 1 aliphatic carbocycles. The highest BCUT2D eigenvalue weighted by atomic mass is 16.7. The molecule has 0 amide bonds. The fourth-order valence-corrected chi connectivity index (χ4v) is 3.85. The number of aryl methyl sites for hydroxylation is 1. The average Bonchev–Trinajstić information content (AvgIpc) is 3.07. The molecule has 1 aromatic heterocycles. The van der Waals surface area contributed by atoms with Gasteiger partial charge in [-0.15, -0.1) is 0 Å². The molecular weight excluding hydrogens is 250 g/mol. The van der Waals surface area contributed by atoms with E-state index in [2.05, 4.69) is 42.1 Å². The molecule has 2 fully saturated rings. The Morgan fingerprint density at radius 3 is 2.55 bits per heavy atom. The summed E-state index contributed by atoms with van der Waals surface area (Å²) < 4.78 is 13.9. The Morgan fingerprint density at radius 1 is 1.10 bits per heavy atom. The van der Waals surface area contributed by atoms with Crippen LogP contribution in [0, 0.1) is 0 Å². The van der Waals surface area contributed by atoms with Crippen LogP contribution in [-0.4, -0.2) is 23.6 Å². The van der Waals surface area contributed by atoms with E-state index in [-0.39, 0.29) is 5.79 Å². The van der Waals surface area contributed by atoms with Gasteiger partial charge in [0, 0.05) is 37.0 Å². The first-order chi connectivity index (χ1) is 9.77. The first-order valence-electron chi connectivity index (χ1n) is 7.59. The minimum atomic E-state index is -0.249. The van der Waals surface area contributed by atoms with Gasteiger partial charge < -0.3 is 14.0 Å². The second-order valence-electron chi connectivity index (χ2n) is 6.09. The molecule has 0 bridgehead atoms. The lowest BCUT2D eigenvalue weighted by Gasteiger charge is -2.35. The van der Waals surface area contributed by atoms with E-state index in [1.807, 2.05) is 0 Å². The van der Waals surface area contributed by atoms with Crippen LogP contribution in [0.4, 0.5) is 0 Å². The number of rotatable bonds is 1. The Bertz CT molecular complexity index is 615. The fraction of sp³-hybridized carbons (Fsp3) is 0.529. The largest absolute Gasteiger partial charge is 0.350 e.